The minimum atomic E-state index is 0.173. The zero-order valence-corrected chi connectivity index (χ0v) is 12.5. The van der Waals surface area contributed by atoms with Crippen molar-refractivity contribution in [3.63, 3.8) is 0 Å². The third kappa shape index (κ3) is 3.93. The number of amides is 1. The van der Waals surface area contributed by atoms with E-state index in [0.29, 0.717) is 30.8 Å². The van der Waals surface area contributed by atoms with Gasteiger partial charge >= 0.3 is 0 Å². The lowest BCUT2D eigenvalue weighted by molar-refractivity contribution is -0.144. The van der Waals surface area contributed by atoms with Crippen LogP contribution in [0.2, 0.25) is 0 Å². The Kier molecular flexibility index (Phi) is 5.22. The molecule has 2 aliphatic heterocycles. The summed E-state index contributed by atoms with van der Waals surface area (Å²) >= 11 is 0. The predicted molar refractivity (Wildman–Crippen MR) is 76.0 cm³/mol. The molecule has 0 radical (unpaired) electrons. The van der Waals surface area contributed by atoms with Gasteiger partial charge in [0.25, 0.3) is 0 Å². The third-order valence-corrected chi connectivity index (χ3v) is 4.56. The molecule has 110 valence electrons. The van der Waals surface area contributed by atoms with Gasteiger partial charge in [-0.2, -0.15) is 0 Å². The van der Waals surface area contributed by atoms with Crippen molar-refractivity contribution in [2.24, 2.45) is 11.8 Å². The Balaban J connectivity index is 1.85. The first-order valence-electron chi connectivity index (χ1n) is 7.69. The van der Waals surface area contributed by atoms with Crippen LogP contribution in [0.4, 0.5) is 0 Å². The third-order valence-electron chi connectivity index (χ3n) is 4.56. The molecule has 2 rings (SSSR count). The van der Waals surface area contributed by atoms with Crippen molar-refractivity contribution in [2.45, 2.75) is 52.2 Å². The summed E-state index contributed by atoms with van der Waals surface area (Å²) in [5, 5.41) is 3.44. The quantitative estimate of drug-likeness (QED) is 0.846. The summed E-state index contributed by atoms with van der Waals surface area (Å²) < 4.78 is 5.59. The van der Waals surface area contributed by atoms with E-state index in [9.17, 15) is 4.79 Å². The SMILES string of the molecule is C[C@@H]1CN(C(=O)C[C@H](C)[C@H]2CCCNC2)[C@@H](C)CO1. The maximum absolute atomic E-state index is 12.5. The number of hydrogen-bond donors (Lipinski definition) is 1. The first-order chi connectivity index (χ1) is 9.08. The molecule has 0 unspecified atom stereocenters. The lowest BCUT2D eigenvalue weighted by Gasteiger charge is -2.38. The minimum Gasteiger partial charge on any atom is -0.375 e. The fourth-order valence-corrected chi connectivity index (χ4v) is 3.17. The molecule has 19 heavy (non-hydrogen) atoms. The van der Waals surface area contributed by atoms with Crippen LogP contribution in [0.15, 0.2) is 0 Å². The number of nitrogens with zero attached hydrogens (tertiary/aromatic N) is 1. The normalized spacial score (nSPS) is 34.1. The van der Waals surface area contributed by atoms with E-state index in [4.69, 9.17) is 4.74 Å². The van der Waals surface area contributed by atoms with Crippen LogP contribution in [-0.4, -0.2) is 49.2 Å². The summed E-state index contributed by atoms with van der Waals surface area (Å²) in [6, 6.07) is 0.223. The lowest BCUT2D eigenvalue weighted by Crippen LogP contribution is -2.50. The molecular formula is C15H28N2O2. The topological polar surface area (TPSA) is 41.6 Å². The van der Waals surface area contributed by atoms with Gasteiger partial charge < -0.3 is 15.0 Å². The second kappa shape index (κ2) is 6.71. The molecule has 2 saturated heterocycles. The van der Waals surface area contributed by atoms with E-state index in [2.05, 4.69) is 19.2 Å². The van der Waals surface area contributed by atoms with E-state index >= 15 is 0 Å². The summed E-state index contributed by atoms with van der Waals surface area (Å²) in [5.74, 6) is 1.44. The van der Waals surface area contributed by atoms with Crippen molar-refractivity contribution in [3.05, 3.63) is 0 Å². The van der Waals surface area contributed by atoms with Gasteiger partial charge in [-0.3, -0.25) is 4.79 Å². The van der Waals surface area contributed by atoms with E-state index in [1.165, 1.54) is 12.8 Å². The predicted octanol–water partition coefficient (Wildman–Crippen LogP) is 1.65. The van der Waals surface area contributed by atoms with Gasteiger partial charge in [0.05, 0.1) is 18.8 Å². The molecule has 0 saturated carbocycles. The molecule has 4 nitrogen and oxygen atoms in total. The molecule has 1 amide bonds. The zero-order chi connectivity index (χ0) is 13.8. The van der Waals surface area contributed by atoms with Crippen LogP contribution in [0.5, 0.6) is 0 Å². The van der Waals surface area contributed by atoms with E-state index < -0.39 is 0 Å². The van der Waals surface area contributed by atoms with Gasteiger partial charge in [-0.15, -0.1) is 0 Å². The van der Waals surface area contributed by atoms with Gasteiger partial charge in [-0.1, -0.05) is 6.92 Å². The van der Waals surface area contributed by atoms with Crippen LogP contribution in [0.3, 0.4) is 0 Å². The summed E-state index contributed by atoms with van der Waals surface area (Å²) in [4.78, 5) is 14.5. The Morgan fingerprint density at radius 1 is 1.47 bits per heavy atom. The summed E-state index contributed by atoms with van der Waals surface area (Å²) in [7, 11) is 0. The zero-order valence-electron chi connectivity index (χ0n) is 12.5. The van der Waals surface area contributed by atoms with E-state index in [1.807, 2.05) is 11.8 Å². The number of nitrogens with one attached hydrogen (secondary N) is 1. The number of morpholine rings is 1. The number of rotatable bonds is 3. The summed E-state index contributed by atoms with van der Waals surface area (Å²) in [6.45, 7) is 9.97. The minimum absolute atomic E-state index is 0.173. The number of ether oxygens (including phenoxy) is 1. The van der Waals surface area contributed by atoms with Gasteiger partial charge in [0.1, 0.15) is 0 Å². The maximum Gasteiger partial charge on any atom is 0.223 e. The molecule has 2 fully saturated rings. The average molecular weight is 268 g/mol. The van der Waals surface area contributed by atoms with Crippen molar-refractivity contribution >= 4 is 5.91 Å². The Morgan fingerprint density at radius 2 is 2.26 bits per heavy atom. The van der Waals surface area contributed by atoms with Crippen LogP contribution in [0.1, 0.15) is 40.0 Å². The van der Waals surface area contributed by atoms with Gasteiger partial charge in [0.15, 0.2) is 0 Å². The van der Waals surface area contributed by atoms with Gasteiger partial charge in [0, 0.05) is 13.0 Å². The molecule has 0 aliphatic carbocycles. The molecule has 4 atom stereocenters. The molecule has 0 aromatic carbocycles. The Morgan fingerprint density at radius 3 is 2.95 bits per heavy atom. The Labute approximate surface area is 116 Å². The van der Waals surface area contributed by atoms with Crippen LogP contribution >= 0.6 is 0 Å². The fourth-order valence-electron chi connectivity index (χ4n) is 3.17. The molecule has 2 aliphatic rings. The largest absolute Gasteiger partial charge is 0.375 e. The second-order valence-corrected chi connectivity index (χ2v) is 6.33. The van der Waals surface area contributed by atoms with Crippen molar-refractivity contribution in [1.29, 1.82) is 0 Å². The highest BCUT2D eigenvalue weighted by atomic mass is 16.5. The number of carbonyl (C=O) groups excluding carboxylic acids is 1. The van der Waals surface area contributed by atoms with Crippen molar-refractivity contribution < 1.29 is 9.53 Å². The highest BCUT2D eigenvalue weighted by Gasteiger charge is 2.30. The van der Waals surface area contributed by atoms with Crippen LogP contribution in [0.25, 0.3) is 0 Å². The molecule has 2 heterocycles. The maximum atomic E-state index is 12.5. The molecule has 0 bridgehead atoms. The van der Waals surface area contributed by atoms with Gasteiger partial charge in [-0.25, -0.2) is 0 Å². The van der Waals surface area contributed by atoms with E-state index in [1.54, 1.807) is 0 Å². The van der Waals surface area contributed by atoms with Crippen molar-refractivity contribution in [2.75, 3.05) is 26.2 Å². The van der Waals surface area contributed by atoms with Crippen LogP contribution in [-0.2, 0) is 9.53 Å². The molecule has 0 aromatic rings. The number of carbonyl (C=O) groups is 1. The smallest absolute Gasteiger partial charge is 0.223 e. The monoisotopic (exact) mass is 268 g/mol. The molecule has 0 spiro atoms. The average Bonchev–Trinajstić information content (AvgIpc) is 2.42. The van der Waals surface area contributed by atoms with E-state index in [-0.39, 0.29) is 12.1 Å². The van der Waals surface area contributed by atoms with Gasteiger partial charge in [0.2, 0.25) is 5.91 Å². The first kappa shape index (κ1) is 14.8. The highest BCUT2D eigenvalue weighted by molar-refractivity contribution is 5.77. The first-order valence-corrected chi connectivity index (χ1v) is 7.69. The van der Waals surface area contributed by atoms with Crippen LogP contribution < -0.4 is 5.32 Å². The second-order valence-electron chi connectivity index (χ2n) is 6.33. The van der Waals surface area contributed by atoms with Crippen molar-refractivity contribution in [3.8, 4) is 0 Å². The Bertz CT molecular complexity index is 303. The molecular weight excluding hydrogens is 240 g/mol. The lowest BCUT2D eigenvalue weighted by atomic mass is 9.85. The van der Waals surface area contributed by atoms with E-state index in [0.717, 1.165) is 19.6 Å². The van der Waals surface area contributed by atoms with Crippen LogP contribution in [0, 0.1) is 11.8 Å². The fraction of sp³-hybridized carbons (Fsp3) is 0.933. The summed E-state index contributed by atoms with van der Waals surface area (Å²) in [5.41, 5.74) is 0. The van der Waals surface area contributed by atoms with Gasteiger partial charge in [-0.05, 0) is 51.6 Å². The molecule has 0 aromatic heterocycles. The Hall–Kier alpha value is -0.610. The standard InChI is InChI=1S/C15H28N2O2/c1-11(14-5-4-6-16-8-14)7-15(18)17-9-13(3)19-10-12(17)2/h11-14,16H,4-10H2,1-3H3/t11-,12-,13+,14-/m0/s1. The number of hydrogen-bond acceptors (Lipinski definition) is 3. The number of piperidine rings is 1. The highest BCUT2D eigenvalue weighted by Crippen LogP contribution is 2.24. The molecule has 4 heteroatoms. The molecule has 1 N–H and O–H groups in total. The van der Waals surface area contributed by atoms with Crippen molar-refractivity contribution in [1.82, 2.24) is 10.2 Å². The summed E-state index contributed by atoms with van der Waals surface area (Å²) in [6.07, 6.45) is 3.36.